The highest BCUT2D eigenvalue weighted by atomic mass is 79.9. The first kappa shape index (κ1) is 26.4. The van der Waals surface area contributed by atoms with Gasteiger partial charge in [0.15, 0.2) is 0 Å². The van der Waals surface area contributed by atoms with Crippen molar-refractivity contribution >= 4 is 51.1 Å². The number of aliphatic hydroxyl groups excluding tert-OH is 1. The van der Waals surface area contributed by atoms with Crippen LogP contribution in [0.2, 0.25) is 0 Å². The van der Waals surface area contributed by atoms with Crippen molar-refractivity contribution in [2.24, 2.45) is 0 Å². The number of rotatable bonds is 9. The minimum absolute atomic E-state index is 0.0707. The van der Waals surface area contributed by atoms with E-state index < -0.39 is 5.97 Å². The molecule has 194 valence electrons. The van der Waals surface area contributed by atoms with Crippen molar-refractivity contribution in [3.8, 4) is 5.75 Å². The van der Waals surface area contributed by atoms with Gasteiger partial charge in [-0.1, -0.05) is 34.1 Å². The molecule has 11 heteroatoms. The largest absolute Gasteiger partial charge is 0.495 e. The molecule has 0 aliphatic carbocycles. The molecule has 10 nitrogen and oxygen atoms in total. The zero-order valence-electron chi connectivity index (χ0n) is 20.8. The number of nitrogens with zero attached hydrogens (tertiary/aromatic N) is 4. The van der Waals surface area contributed by atoms with E-state index in [1.165, 1.54) is 12.0 Å². The van der Waals surface area contributed by atoms with Gasteiger partial charge in [0.25, 0.3) is 0 Å². The molecule has 0 bridgehead atoms. The maximum atomic E-state index is 13.7. The van der Waals surface area contributed by atoms with Gasteiger partial charge in [-0.2, -0.15) is 4.98 Å². The Balaban J connectivity index is 1.73. The number of aryl methyl sites for hydroxylation is 2. The summed E-state index contributed by atoms with van der Waals surface area (Å²) in [4.78, 5) is 37.2. The fourth-order valence-electron chi connectivity index (χ4n) is 4.38. The Morgan fingerprint density at radius 1 is 1.24 bits per heavy atom. The predicted molar refractivity (Wildman–Crippen MR) is 144 cm³/mol. The van der Waals surface area contributed by atoms with E-state index in [2.05, 4.69) is 31.2 Å². The number of para-hydroxylation sites is 1. The van der Waals surface area contributed by atoms with Gasteiger partial charge in [-0.05, 0) is 49.1 Å². The highest BCUT2D eigenvalue weighted by molar-refractivity contribution is 9.10. The number of ether oxygens (including phenoxy) is 1. The molecular formula is C26H28BrN5O5. The lowest BCUT2D eigenvalue weighted by Gasteiger charge is -2.37. The number of urea groups is 1. The van der Waals surface area contributed by atoms with Gasteiger partial charge in [0.05, 0.1) is 31.6 Å². The Labute approximate surface area is 223 Å². The van der Waals surface area contributed by atoms with E-state index in [-0.39, 0.29) is 44.5 Å². The number of carboxylic acids is 1. The van der Waals surface area contributed by atoms with Crippen LogP contribution in [0.1, 0.15) is 35.1 Å². The quantitative estimate of drug-likeness (QED) is 0.331. The molecule has 2 aromatic carbocycles. The summed E-state index contributed by atoms with van der Waals surface area (Å²) in [6, 6.07) is 9.04. The van der Waals surface area contributed by atoms with E-state index in [9.17, 15) is 14.7 Å². The molecule has 0 saturated heterocycles. The molecule has 0 fully saturated rings. The molecule has 0 spiro atoms. The third-order valence-electron chi connectivity index (χ3n) is 6.15. The zero-order chi connectivity index (χ0) is 26.7. The predicted octanol–water partition coefficient (Wildman–Crippen LogP) is 4.91. The standard InChI is InChI=1S/C26H28BrN5O5/c1-15-6-4-7-16(2)23(15)32-13-18-12-28-25(29-20-10-17(14-33)19(27)11-21(20)37-3)30-24(18)31(26(32)36)9-5-8-22(34)35/h4,6-7,10-12,33H,5,8-9,13-14H2,1-3H3,(H,34,35)(H,28,29,30). The molecule has 37 heavy (non-hydrogen) atoms. The van der Waals surface area contributed by atoms with Crippen molar-refractivity contribution in [1.29, 1.82) is 0 Å². The van der Waals surface area contributed by atoms with E-state index >= 15 is 0 Å². The lowest BCUT2D eigenvalue weighted by molar-refractivity contribution is -0.137. The van der Waals surface area contributed by atoms with Crippen molar-refractivity contribution < 1.29 is 24.5 Å². The number of methoxy groups -OCH3 is 1. The van der Waals surface area contributed by atoms with Crippen LogP contribution < -0.4 is 19.9 Å². The van der Waals surface area contributed by atoms with Gasteiger partial charge in [0, 0.05) is 29.2 Å². The zero-order valence-corrected chi connectivity index (χ0v) is 22.4. The number of carbonyl (C=O) groups excluding carboxylic acids is 1. The Bertz CT molecular complexity index is 1330. The molecule has 0 unspecified atom stereocenters. The van der Waals surface area contributed by atoms with E-state index in [4.69, 9.17) is 9.84 Å². The number of fused-ring (bicyclic) bond motifs is 1. The van der Waals surface area contributed by atoms with Gasteiger partial charge in [-0.25, -0.2) is 9.78 Å². The highest BCUT2D eigenvalue weighted by Gasteiger charge is 2.34. The molecule has 2 heterocycles. The summed E-state index contributed by atoms with van der Waals surface area (Å²) in [5.41, 5.74) is 4.68. The molecule has 1 aliphatic heterocycles. The van der Waals surface area contributed by atoms with Crippen molar-refractivity contribution in [2.45, 2.75) is 39.8 Å². The minimum Gasteiger partial charge on any atom is -0.495 e. The molecule has 3 aromatic rings. The van der Waals surface area contributed by atoms with E-state index in [0.717, 1.165) is 22.4 Å². The molecule has 1 aromatic heterocycles. The van der Waals surface area contributed by atoms with Gasteiger partial charge >= 0.3 is 12.0 Å². The van der Waals surface area contributed by atoms with Crippen LogP contribution in [-0.2, 0) is 17.9 Å². The Kier molecular flexibility index (Phi) is 7.94. The summed E-state index contributed by atoms with van der Waals surface area (Å²) in [5.74, 6) is 0.248. The monoisotopic (exact) mass is 569 g/mol. The number of carboxylic acid groups (broad SMARTS) is 1. The van der Waals surface area contributed by atoms with Gasteiger partial charge in [0.1, 0.15) is 11.6 Å². The Hall–Kier alpha value is -3.70. The second kappa shape index (κ2) is 11.1. The summed E-state index contributed by atoms with van der Waals surface area (Å²) in [6.45, 7) is 4.20. The van der Waals surface area contributed by atoms with Crippen LogP contribution >= 0.6 is 15.9 Å². The summed E-state index contributed by atoms with van der Waals surface area (Å²) in [7, 11) is 1.53. The average molecular weight is 570 g/mol. The van der Waals surface area contributed by atoms with Crippen LogP contribution in [-0.4, -0.2) is 45.8 Å². The van der Waals surface area contributed by atoms with Crippen molar-refractivity contribution in [1.82, 2.24) is 9.97 Å². The number of hydrogen-bond donors (Lipinski definition) is 3. The first-order valence-electron chi connectivity index (χ1n) is 11.7. The number of aliphatic carboxylic acids is 1. The fraction of sp³-hybridized carbons (Fsp3) is 0.308. The van der Waals surface area contributed by atoms with Crippen LogP contribution in [0.3, 0.4) is 0 Å². The number of nitrogens with one attached hydrogen (secondary N) is 1. The summed E-state index contributed by atoms with van der Waals surface area (Å²) in [6.07, 6.45) is 1.87. The van der Waals surface area contributed by atoms with Gasteiger partial charge in [0.2, 0.25) is 5.95 Å². The maximum Gasteiger partial charge on any atom is 0.330 e. The van der Waals surface area contributed by atoms with Crippen molar-refractivity contribution in [3.05, 3.63) is 63.3 Å². The highest BCUT2D eigenvalue weighted by Crippen LogP contribution is 2.36. The van der Waals surface area contributed by atoms with Crippen molar-refractivity contribution in [2.75, 3.05) is 28.8 Å². The molecule has 1 aliphatic rings. The first-order chi connectivity index (χ1) is 17.7. The average Bonchev–Trinajstić information content (AvgIpc) is 2.86. The number of aliphatic hydroxyl groups is 1. The van der Waals surface area contributed by atoms with Crippen molar-refractivity contribution in [3.63, 3.8) is 0 Å². The number of hydrogen-bond acceptors (Lipinski definition) is 7. The van der Waals surface area contributed by atoms with E-state index in [1.54, 1.807) is 23.2 Å². The van der Waals surface area contributed by atoms with Gasteiger partial charge < -0.3 is 20.3 Å². The lowest BCUT2D eigenvalue weighted by atomic mass is 10.1. The number of aromatic nitrogens is 2. The second-order valence-electron chi connectivity index (χ2n) is 8.73. The van der Waals surface area contributed by atoms with Crippen LogP contribution in [0.4, 0.5) is 27.9 Å². The second-order valence-corrected chi connectivity index (χ2v) is 9.58. The first-order valence-corrected chi connectivity index (χ1v) is 12.5. The Morgan fingerprint density at radius 2 is 1.97 bits per heavy atom. The number of carbonyl (C=O) groups is 2. The molecule has 0 atom stereocenters. The third-order valence-corrected chi connectivity index (χ3v) is 6.89. The topological polar surface area (TPSA) is 128 Å². The van der Waals surface area contributed by atoms with Crippen LogP contribution in [0.5, 0.6) is 5.75 Å². The summed E-state index contributed by atoms with van der Waals surface area (Å²) < 4.78 is 6.15. The van der Waals surface area contributed by atoms with Crippen LogP contribution in [0, 0.1) is 13.8 Å². The van der Waals surface area contributed by atoms with E-state index in [1.807, 2.05) is 32.0 Å². The minimum atomic E-state index is -0.927. The maximum absolute atomic E-state index is 13.7. The third kappa shape index (κ3) is 5.52. The number of amides is 2. The van der Waals surface area contributed by atoms with Gasteiger partial charge in [-0.3, -0.25) is 14.6 Å². The molecule has 0 saturated carbocycles. The smallest absolute Gasteiger partial charge is 0.330 e. The van der Waals surface area contributed by atoms with Crippen LogP contribution in [0.15, 0.2) is 41.0 Å². The normalized spacial score (nSPS) is 12.9. The SMILES string of the molecule is COc1cc(Br)c(CO)cc1Nc1ncc2c(n1)N(CCCC(=O)O)C(=O)N(c1c(C)cccc1C)C2. The number of halogens is 1. The molecule has 3 N–H and O–H groups in total. The number of anilines is 4. The lowest BCUT2D eigenvalue weighted by Crippen LogP contribution is -2.49. The van der Waals surface area contributed by atoms with E-state index in [0.29, 0.717) is 27.3 Å². The number of benzene rings is 2. The molecule has 0 radical (unpaired) electrons. The van der Waals surface area contributed by atoms with Crippen LogP contribution in [0.25, 0.3) is 0 Å². The molecule has 4 rings (SSSR count). The fourth-order valence-corrected chi connectivity index (χ4v) is 4.83. The summed E-state index contributed by atoms with van der Waals surface area (Å²) >= 11 is 3.41. The Morgan fingerprint density at radius 3 is 2.62 bits per heavy atom. The molecular weight excluding hydrogens is 542 g/mol. The molecule has 2 amide bonds. The van der Waals surface area contributed by atoms with Gasteiger partial charge in [-0.15, -0.1) is 0 Å². The summed E-state index contributed by atoms with van der Waals surface area (Å²) in [5, 5.41) is 21.9.